The van der Waals surface area contributed by atoms with Gasteiger partial charge in [0.25, 0.3) is 0 Å². The molecular weight excluding hydrogens is 268 g/mol. The maximum absolute atomic E-state index is 6.12. The number of aryl methyl sites for hydroxylation is 1. The van der Waals surface area contributed by atoms with Crippen molar-refractivity contribution in [2.75, 3.05) is 0 Å². The van der Waals surface area contributed by atoms with Gasteiger partial charge >= 0.3 is 0 Å². The first kappa shape index (κ1) is 16.1. The molecule has 1 aromatic rings. The van der Waals surface area contributed by atoms with E-state index in [4.69, 9.17) is 4.74 Å². The van der Waals surface area contributed by atoms with Crippen molar-refractivity contribution in [1.82, 2.24) is 0 Å². The second-order valence-corrected chi connectivity index (χ2v) is 8.02. The van der Waals surface area contributed by atoms with Gasteiger partial charge in [-0.05, 0) is 55.6 Å². The van der Waals surface area contributed by atoms with Gasteiger partial charge in [0.2, 0.25) is 0 Å². The SMILES string of the molecule is CCCCCc1ccc(C2C(C(C)C)CCC3(C)OC23)cc1. The molecule has 4 atom stereocenters. The molecule has 0 N–H and O–H groups in total. The van der Waals surface area contributed by atoms with Gasteiger partial charge < -0.3 is 4.74 Å². The molecule has 1 heteroatoms. The molecule has 2 aliphatic rings. The maximum atomic E-state index is 6.12. The predicted molar refractivity (Wildman–Crippen MR) is 93.3 cm³/mol. The van der Waals surface area contributed by atoms with E-state index in [1.54, 1.807) is 0 Å². The fourth-order valence-corrected chi connectivity index (χ4v) is 4.42. The van der Waals surface area contributed by atoms with Gasteiger partial charge in [0.15, 0.2) is 0 Å². The minimum atomic E-state index is 0.176. The first-order valence-electron chi connectivity index (χ1n) is 9.32. The number of unbranched alkanes of at least 4 members (excludes halogenated alkanes) is 2. The van der Waals surface area contributed by atoms with Crippen LogP contribution in [-0.2, 0) is 11.2 Å². The lowest BCUT2D eigenvalue weighted by Crippen LogP contribution is -2.32. The molecule has 0 bridgehead atoms. The molecule has 0 spiro atoms. The third kappa shape index (κ3) is 3.11. The Morgan fingerprint density at radius 1 is 1.18 bits per heavy atom. The van der Waals surface area contributed by atoms with Crippen LogP contribution in [0.1, 0.15) is 76.8 Å². The third-order valence-corrected chi connectivity index (χ3v) is 5.99. The minimum Gasteiger partial charge on any atom is -0.366 e. The fourth-order valence-electron chi connectivity index (χ4n) is 4.42. The number of epoxide rings is 1. The van der Waals surface area contributed by atoms with E-state index in [9.17, 15) is 0 Å². The number of ether oxygens (including phenoxy) is 1. The molecule has 0 radical (unpaired) electrons. The Morgan fingerprint density at radius 2 is 1.91 bits per heavy atom. The van der Waals surface area contributed by atoms with Crippen molar-refractivity contribution in [1.29, 1.82) is 0 Å². The van der Waals surface area contributed by atoms with Gasteiger partial charge in [0, 0.05) is 5.92 Å². The predicted octanol–water partition coefficient (Wildman–Crippen LogP) is 5.73. The second kappa shape index (κ2) is 6.35. The summed E-state index contributed by atoms with van der Waals surface area (Å²) in [6.07, 6.45) is 8.20. The van der Waals surface area contributed by atoms with Crippen molar-refractivity contribution >= 4 is 0 Å². The van der Waals surface area contributed by atoms with Crippen LogP contribution in [0.25, 0.3) is 0 Å². The highest BCUT2D eigenvalue weighted by Crippen LogP contribution is 2.57. The molecular formula is C21H32O. The molecule has 4 unspecified atom stereocenters. The molecule has 2 fully saturated rings. The van der Waals surface area contributed by atoms with Crippen LogP contribution in [0.2, 0.25) is 0 Å². The van der Waals surface area contributed by atoms with Crippen LogP contribution in [0.15, 0.2) is 24.3 Å². The molecule has 1 aliphatic heterocycles. The zero-order chi connectivity index (χ0) is 15.7. The summed E-state index contributed by atoms with van der Waals surface area (Å²) in [5.74, 6) is 2.11. The molecule has 22 heavy (non-hydrogen) atoms. The summed E-state index contributed by atoms with van der Waals surface area (Å²) in [7, 11) is 0. The lowest BCUT2D eigenvalue weighted by Gasteiger charge is -2.34. The standard InChI is InChI=1S/C21H32O/c1-5-6-7-8-16-9-11-17(12-10-16)19-18(15(2)3)13-14-21(4)20(19)22-21/h9-12,15,18-20H,5-8,13-14H2,1-4H3. The van der Waals surface area contributed by atoms with E-state index in [2.05, 4.69) is 52.0 Å². The second-order valence-electron chi connectivity index (χ2n) is 8.02. The van der Waals surface area contributed by atoms with E-state index >= 15 is 0 Å². The first-order chi connectivity index (χ1) is 10.5. The van der Waals surface area contributed by atoms with E-state index in [0.717, 1.165) is 11.8 Å². The number of benzene rings is 1. The van der Waals surface area contributed by atoms with Crippen LogP contribution >= 0.6 is 0 Å². The van der Waals surface area contributed by atoms with Gasteiger partial charge in [-0.15, -0.1) is 0 Å². The highest BCUT2D eigenvalue weighted by Gasteiger charge is 2.61. The van der Waals surface area contributed by atoms with Crippen molar-refractivity contribution in [2.45, 2.75) is 83.8 Å². The Hall–Kier alpha value is -0.820. The van der Waals surface area contributed by atoms with Crippen LogP contribution in [0, 0.1) is 11.8 Å². The summed E-state index contributed by atoms with van der Waals surface area (Å²) in [5, 5.41) is 0. The lowest BCUT2D eigenvalue weighted by atomic mass is 9.67. The van der Waals surface area contributed by atoms with E-state index in [0.29, 0.717) is 12.0 Å². The minimum absolute atomic E-state index is 0.176. The normalized spacial score (nSPS) is 33.8. The quantitative estimate of drug-likeness (QED) is 0.483. The monoisotopic (exact) mass is 300 g/mol. The van der Waals surface area contributed by atoms with Gasteiger partial charge in [-0.2, -0.15) is 0 Å². The molecule has 1 heterocycles. The number of rotatable bonds is 6. The summed E-state index contributed by atoms with van der Waals surface area (Å²) in [6.45, 7) is 9.33. The maximum Gasteiger partial charge on any atom is 0.0941 e. The lowest BCUT2D eigenvalue weighted by molar-refractivity contribution is 0.242. The molecule has 1 saturated carbocycles. The van der Waals surface area contributed by atoms with Gasteiger partial charge in [-0.1, -0.05) is 57.9 Å². The molecule has 1 nitrogen and oxygen atoms in total. The van der Waals surface area contributed by atoms with E-state index in [1.807, 2.05) is 0 Å². The average Bonchev–Trinajstić information content (AvgIpc) is 3.19. The Balaban J connectivity index is 1.73. The van der Waals surface area contributed by atoms with Crippen LogP contribution in [0.4, 0.5) is 0 Å². The highest BCUT2D eigenvalue weighted by molar-refractivity contribution is 5.31. The third-order valence-electron chi connectivity index (χ3n) is 5.99. The smallest absolute Gasteiger partial charge is 0.0941 e. The Bertz CT molecular complexity index is 489. The van der Waals surface area contributed by atoms with Crippen molar-refractivity contribution in [2.24, 2.45) is 11.8 Å². The molecule has 122 valence electrons. The Kier molecular flexibility index (Phi) is 4.64. The van der Waals surface area contributed by atoms with Gasteiger partial charge in [0.1, 0.15) is 0 Å². The zero-order valence-electron chi connectivity index (χ0n) is 14.8. The molecule has 3 rings (SSSR count). The van der Waals surface area contributed by atoms with Gasteiger partial charge in [0.05, 0.1) is 11.7 Å². The number of fused-ring (bicyclic) bond motifs is 1. The topological polar surface area (TPSA) is 12.5 Å². The number of hydrogen-bond donors (Lipinski definition) is 0. The van der Waals surface area contributed by atoms with E-state index in [-0.39, 0.29) is 5.60 Å². The van der Waals surface area contributed by atoms with Gasteiger partial charge in [-0.25, -0.2) is 0 Å². The Morgan fingerprint density at radius 3 is 2.55 bits per heavy atom. The summed E-state index contributed by atoms with van der Waals surface area (Å²) >= 11 is 0. The summed E-state index contributed by atoms with van der Waals surface area (Å²) in [5.41, 5.74) is 3.18. The summed E-state index contributed by atoms with van der Waals surface area (Å²) in [6, 6.07) is 9.48. The van der Waals surface area contributed by atoms with Crippen LogP contribution in [-0.4, -0.2) is 11.7 Å². The van der Waals surface area contributed by atoms with E-state index < -0.39 is 0 Å². The largest absolute Gasteiger partial charge is 0.366 e. The van der Waals surface area contributed by atoms with Gasteiger partial charge in [-0.3, -0.25) is 0 Å². The van der Waals surface area contributed by atoms with Crippen molar-refractivity contribution in [3.8, 4) is 0 Å². The van der Waals surface area contributed by atoms with Crippen LogP contribution in [0.5, 0.6) is 0 Å². The van der Waals surface area contributed by atoms with Crippen molar-refractivity contribution in [3.05, 3.63) is 35.4 Å². The Labute approximate surface area is 136 Å². The molecule has 0 amide bonds. The van der Waals surface area contributed by atoms with E-state index in [1.165, 1.54) is 49.7 Å². The average molecular weight is 300 g/mol. The highest BCUT2D eigenvalue weighted by atomic mass is 16.6. The van der Waals surface area contributed by atoms with Crippen molar-refractivity contribution < 1.29 is 4.74 Å². The van der Waals surface area contributed by atoms with Crippen molar-refractivity contribution in [3.63, 3.8) is 0 Å². The van der Waals surface area contributed by atoms with Crippen LogP contribution in [0.3, 0.4) is 0 Å². The fraction of sp³-hybridized carbons (Fsp3) is 0.714. The zero-order valence-corrected chi connectivity index (χ0v) is 14.8. The molecule has 1 aromatic carbocycles. The first-order valence-corrected chi connectivity index (χ1v) is 9.32. The molecule has 1 aliphatic carbocycles. The number of hydrogen-bond acceptors (Lipinski definition) is 1. The summed E-state index contributed by atoms with van der Waals surface area (Å²) in [4.78, 5) is 0. The summed E-state index contributed by atoms with van der Waals surface area (Å²) < 4.78 is 6.12. The molecule has 1 saturated heterocycles. The van der Waals surface area contributed by atoms with Crippen LogP contribution < -0.4 is 0 Å². The molecule has 0 aromatic heterocycles.